The minimum Gasteiger partial charge on any atom is -0.490 e. The van der Waals surface area contributed by atoms with E-state index in [9.17, 15) is 8.42 Å². The van der Waals surface area contributed by atoms with Gasteiger partial charge in [0.2, 0.25) is 9.05 Å². The van der Waals surface area contributed by atoms with Crippen LogP contribution in [0.4, 0.5) is 0 Å². The van der Waals surface area contributed by atoms with Gasteiger partial charge in [-0.15, -0.1) is 0 Å². The first-order chi connectivity index (χ1) is 9.92. The summed E-state index contributed by atoms with van der Waals surface area (Å²) < 4.78 is 30.6. The quantitative estimate of drug-likeness (QED) is 0.718. The Bertz CT molecular complexity index is 550. The number of aromatic nitrogens is 2. The van der Waals surface area contributed by atoms with Gasteiger partial charge in [0.25, 0.3) is 0 Å². The smallest absolute Gasteiger partial charge is 0.233 e. The predicted octanol–water partition coefficient (Wildman–Crippen LogP) is 3.19. The van der Waals surface area contributed by atoms with Crippen molar-refractivity contribution < 1.29 is 13.2 Å². The summed E-state index contributed by atoms with van der Waals surface area (Å²) >= 11 is 0. The fourth-order valence-electron chi connectivity index (χ4n) is 3.00. The standard InChI is InChI=1S/C14H23ClN2O3S/c1-2-8-17-10-13(9-16-17)20-11-14(12-21(15,18)19)6-4-3-5-7-14/h9-10H,2-8,11-12H2,1H3. The van der Waals surface area contributed by atoms with Crippen molar-refractivity contribution in [3.63, 3.8) is 0 Å². The van der Waals surface area contributed by atoms with Gasteiger partial charge >= 0.3 is 0 Å². The second-order valence-corrected chi connectivity index (χ2v) is 8.75. The third-order valence-corrected chi connectivity index (χ3v) is 5.28. The van der Waals surface area contributed by atoms with Gasteiger partial charge < -0.3 is 4.74 Å². The molecule has 1 aliphatic carbocycles. The Morgan fingerprint density at radius 1 is 1.38 bits per heavy atom. The van der Waals surface area contributed by atoms with Crippen molar-refractivity contribution in [3.05, 3.63) is 12.4 Å². The third-order valence-electron chi connectivity index (χ3n) is 4.00. The molecule has 1 aromatic rings. The lowest BCUT2D eigenvalue weighted by Gasteiger charge is -2.35. The summed E-state index contributed by atoms with van der Waals surface area (Å²) in [6.45, 7) is 3.33. The molecule has 0 bridgehead atoms. The van der Waals surface area contributed by atoms with Gasteiger partial charge in [-0.1, -0.05) is 26.2 Å². The normalized spacial score (nSPS) is 18.6. The van der Waals surface area contributed by atoms with Gasteiger partial charge in [0.1, 0.15) is 0 Å². The number of ether oxygens (including phenoxy) is 1. The maximum absolute atomic E-state index is 11.5. The van der Waals surface area contributed by atoms with Crippen LogP contribution in [0.2, 0.25) is 0 Å². The van der Waals surface area contributed by atoms with Crippen LogP contribution in [-0.2, 0) is 15.6 Å². The molecule has 21 heavy (non-hydrogen) atoms. The van der Waals surface area contributed by atoms with E-state index in [0.717, 1.165) is 45.1 Å². The minimum atomic E-state index is -3.52. The van der Waals surface area contributed by atoms with Gasteiger partial charge in [-0.2, -0.15) is 5.10 Å². The lowest BCUT2D eigenvalue weighted by molar-refractivity contribution is 0.119. The molecule has 0 atom stereocenters. The van der Waals surface area contributed by atoms with E-state index < -0.39 is 9.05 Å². The molecule has 7 heteroatoms. The molecule has 0 aliphatic heterocycles. The van der Waals surface area contributed by atoms with E-state index in [0.29, 0.717) is 12.4 Å². The van der Waals surface area contributed by atoms with E-state index in [-0.39, 0.29) is 11.2 Å². The molecule has 0 aromatic carbocycles. The Kier molecular flexibility index (Phi) is 5.54. The molecule has 1 saturated carbocycles. The van der Waals surface area contributed by atoms with Crippen molar-refractivity contribution in [1.82, 2.24) is 9.78 Å². The Morgan fingerprint density at radius 2 is 2.10 bits per heavy atom. The van der Waals surface area contributed by atoms with E-state index in [4.69, 9.17) is 15.4 Å². The first-order valence-electron chi connectivity index (χ1n) is 7.50. The van der Waals surface area contributed by atoms with Crippen LogP contribution in [-0.4, -0.2) is 30.6 Å². The van der Waals surface area contributed by atoms with E-state index in [1.165, 1.54) is 0 Å². The van der Waals surface area contributed by atoms with Crippen molar-refractivity contribution in [2.24, 2.45) is 5.41 Å². The Morgan fingerprint density at radius 3 is 2.71 bits per heavy atom. The van der Waals surface area contributed by atoms with Gasteiger partial charge in [-0.3, -0.25) is 4.68 Å². The molecule has 0 amide bonds. The summed E-state index contributed by atoms with van der Waals surface area (Å²) in [4.78, 5) is 0. The lowest BCUT2D eigenvalue weighted by atomic mass is 9.76. The molecule has 5 nitrogen and oxygen atoms in total. The minimum absolute atomic E-state index is 0.00927. The van der Waals surface area contributed by atoms with Crippen LogP contribution in [0, 0.1) is 5.41 Å². The van der Waals surface area contributed by atoms with Crippen LogP contribution in [0.25, 0.3) is 0 Å². The molecule has 0 N–H and O–H groups in total. The van der Waals surface area contributed by atoms with E-state index in [1.54, 1.807) is 6.20 Å². The second-order valence-electron chi connectivity index (χ2n) is 5.97. The average Bonchev–Trinajstić information content (AvgIpc) is 2.84. The van der Waals surface area contributed by atoms with E-state index in [1.807, 2.05) is 10.9 Å². The molecule has 1 aromatic heterocycles. The fraction of sp³-hybridized carbons (Fsp3) is 0.786. The zero-order valence-corrected chi connectivity index (χ0v) is 14.0. The number of hydrogen-bond donors (Lipinski definition) is 0. The summed E-state index contributed by atoms with van der Waals surface area (Å²) in [5.41, 5.74) is -0.355. The second kappa shape index (κ2) is 7.01. The zero-order chi connectivity index (χ0) is 15.3. The summed E-state index contributed by atoms with van der Waals surface area (Å²) in [7, 11) is 1.96. The summed E-state index contributed by atoms with van der Waals surface area (Å²) in [6, 6.07) is 0. The molecule has 1 fully saturated rings. The van der Waals surface area contributed by atoms with Crippen molar-refractivity contribution in [2.45, 2.75) is 52.0 Å². The number of aryl methyl sites for hydroxylation is 1. The lowest BCUT2D eigenvalue weighted by Crippen LogP contribution is -2.36. The third kappa shape index (κ3) is 5.18. The highest BCUT2D eigenvalue weighted by molar-refractivity contribution is 8.13. The van der Waals surface area contributed by atoms with Crippen molar-refractivity contribution in [2.75, 3.05) is 12.4 Å². The Balaban J connectivity index is 2.01. The topological polar surface area (TPSA) is 61.2 Å². The van der Waals surface area contributed by atoms with Gasteiger partial charge in [0.15, 0.2) is 5.75 Å². The monoisotopic (exact) mass is 334 g/mol. The molecule has 0 unspecified atom stereocenters. The number of halogens is 1. The highest BCUT2D eigenvalue weighted by Crippen LogP contribution is 2.38. The largest absolute Gasteiger partial charge is 0.490 e. The molecule has 0 radical (unpaired) electrons. The van der Waals surface area contributed by atoms with Crippen molar-refractivity contribution in [1.29, 1.82) is 0 Å². The molecular weight excluding hydrogens is 312 g/mol. The summed E-state index contributed by atoms with van der Waals surface area (Å²) in [6.07, 6.45) is 9.46. The van der Waals surface area contributed by atoms with Gasteiger partial charge in [-0.05, 0) is 19.3 Å². The fourth-order valence-corrected chi connectivity index (χ4v) is 4.80. The molecule has 0 saturated heterocycles. The molecule has 2 rings (SSSR count). The van der Waals surface area contributed by atoms with Gasteiger partial charge in [0, 0.05) is 22.6 Å². The molecule has 0 spiro atoms. The molecular formula is C14H23ClN2O3S. The summed E-state index contributed by atoms with van der Waals surface area (Å²) in [5.74, 6) is 0.686. The number of nitrogens with zero attached hydrogens (tertiary/aromatic N) is 2. The van der Waals surface area contributed by atoms with E-state index >= 15 is 0 Å². The van der Waals surface area contributed by atoms with Crippen molar-refractivity contribution in [3.8, 4) is 5.75 Å². The first kappa shape index (κ1) is 16.6. The number of hydrogen-bond acceptors (Lipinski definition) is 4. The first-order valence-corrected chi connectivity index (χ1v) is 9.98. The van der Waals surface area contributed by atoms with E-state index in [2.05, 4.69) is 12.0 Å². The van der Waals surface area contributed by atoms with Crippen LogP contribution in [0.1, 0.15) is 45.4 Å². The van der Waals surface area contributed by atoms with Crippen LogP contribution >= 0.6 is 10.7 Å². The maximum atomic E-state index is 11.5. The predicted molar refractivity (Wildman–Crippen MR) is 83.2 cm³/mol. The van der Waals surface area contributed by atoms with Gasteiger partial charge in [-0.25, -0.2) is 8.42 Å². The Hall–Kier alpha value is -0.750. The van der Waals surface area contributed by atoms with Crippen LogP contribution in [0.3, 0.4) is 0 Å². The number of rotatable bonds is 7. The van der Waals surface area contributed by atoms with Crippen LogP contribution < -0.4 is 4.74 Å². The molecule has 120 valence electrons. The van der Waals surface area contributed by atoms with Crippen LogP contribution in [0.5, 0.6) is 5.75 Å². The molecule has 1 heterocycles. The van der Waals surface area contributed by atoms with Gasteiger partial charge in [0.05, 0.1) is 24.8 Å². The van der Waals surface area contributed by atoms with Crippen LogP contribution in [0.15, 0.2) is 12.4 Å². The maximum Gasteiger partial charge on any atom is 0.233 e. The highest BCUT2D eigenvalue weighted by Gasteiger charge is 2.37. The molecule has 1 aliphatic rings. The summed E-state index contributed by atoms with van der Waals surface area (Å²) in [5, 5.41) is 4.21. The van der Waals surface area contributed by atoms with Crippen molar-refractivity contribution >= 4 is 19.7 Å². The Labute approximate surface area is 131 Å². The SMILES string of the molecule is CCCn1cc(OCC2(CS(=O)(=O)Cl)CCCCC2)cn1. The highest BCUT2D eigenvalue weighted by atomic mass is 35.7. The average molecular weight is 335 g/mol. The zero-order valence-electron chi connectivity index (χ0n) is 12.4.